The highest BCUT2D eigenvalue weighted by atomic mass is 32.1. The number of carbonyl (C=O) groups is 1. The molecule has 4 heteroatoms. The average molecular weight is 329 g/mol. The fourth-order valence-electron chi connectivity index (χ4n) is 2.47. The molecule has 122 valence electrons. The van der Waals surface area contributed by atoms with E-state index in [9.17, 15) is 4.79 Å². The summed E-state index contributed by atoms with van der Waals surface area (Å²) in [5, 5.41) is 2.04. The van der Waals surface area contributed by atoms with Crippen molar-refractivity contribution in [3.05, 3.63) is 63.9 Å². The SMILES string of the molecule is CC/C=C(/C)C(=O)N(Cc1cccs1)Cc1ccccc1OC. The number of methoxy groups -OCH3 is 1. The summed E-state index contributed by atoms with van der Waals surface area (Å²) in [7, 11) is 1.66. The Labute approximate surface area is 142 Å². The van der Waals surface area contributed by atoms with Crippen LogP contribution in [-0.4, -0.2) is 17.9 Å². The second-order valence-electron chi connectivity index (χ2n) is 5.35. The molecule has 1 aromatic heterocycles. The number of allylic oxidation sites excluding steroid dienone is 1. The van der Waals surface area contributed by atoms with Gasteiger partial charge in [0.25, 0.3) is 0 Å². The van der Waals surface area contributed by atoms with E-state index in [-0.39, 0.29) is 5.91 Å². The van der Waals surface area contributed by atoms with Gasteiger partial charge in [0.2, 0.25) is 5.91 Å². The van der Waals surface area contributed by atoms with Gasteiger partial charge in [-0.25, -0.2) is 0 Å². The molecule has 0 saturated heterocycles. The lowest BCUT2D eigenvalue weighted by molar-refractivity contribution is -0.128. The Hall–Kier alpha value is -2.07. The van der Waals surface area contributed by atoms with Gasteiger partial charge in [0, 0.05) is 22.6 Å². The van der Waals surface area contributed by atoms with Crippen LogP contribution in [0.2, 0.25) is 0 Å². The third-order valence-electron chi connectivity index (χ3n) is 3.62. The van der Waals surface area contributed by atoms with Crippen molar-refractivity contribution in [2.24, 2.45) is 0 Å². The van der Waals surface area contributed by atoms with Crippen molar-refractivity contribution in [2.45, 2.75) is 33.4 Å². The predicted molar refractivity (Wildman–Crippen MR) is 95.6 cm³/mol. The second kappa shape index (κ2) is 8.53. The van der Waals surface area contributed by atoms with Crippen LogP contribution < -0.4 is 4.74 Å². The maximum atomic E-state index is 12.8. The van der Waals surface area contributed by atoms with Gasteiger partial charge < -0.3 is 9.64 Å². The molecule has 3 nitrogen and oxygen atoms in total. The largest absolute Gasteiger partial charge is 0.496 e. The Morgan fingerprint density at radius 3 is 2.65 bits per heavy atom. The van der Waals surface area contributed by atoms with Crippen LogP contribution >= 0.6 is 11.3 Å². The maximum Gasteiger partial charge on any atom is 0.249 e. The standard InChI is InChI=1S/C19H23NO2S/c1-4-8-15(2)19(21)20(14-17-10-7-12-23-17)13-16-9-5-6-11-18(16)22-3/h5-12H,4,13-14H2,1-3H3/b15-8-. The summed E-state index contributed by atoms with van der Waals surface area (Å²) < 4.78 is 5.42. The molecule has 1 amide bonds. The smallest absolute Gasteiger partial charge is 0.249 e. The van der Waals surface area contributed by atoms with Gasteiger partial charge in [-0.2, -0.15) is 0 Å². The first-order valence-electron chi connectivity index (χ1n) is 7.76. The molecule has 0 unspecified atom stereocenters. The number of rotatable bonds is 7. The van der Waals surface area contributed by atoms with E-state index in [1.807, 2.05) is 60.5 Å². The summed E-state index contributed by atoms with van der Waals surface area (Å²) in [6.45, 7) is 5.08. The fraction of sp³-hybridized carbons (Fsp3) is 0.316. The zero-order chi connectivity index (χ0) is 16.7. The summed E-state index contributed by atoms with van der Waals surface area (Å²) in [6, 6.07) is 11.9. The quantitative estimate of drug-likeness (QED) is 0.693. The summed E-state index contributed by atoms with van der Waals surface area (Å²) in [6.07, 6.45) is 2.84. The number of carbonyl (C=O) groups excluding carboxylic acids is 1. The molecule has 0 saturated carbocycles. The number of benzene rings is 1. The van der Waals surface area contributed by atoms with Crippen LogP contribution in [0.15, 0.2) is 53.4 Å². The molecule has 23 heavy (non-hydrogen) atoms. The number of hydrogen-bond acceptors (Lipinski definition) is 3. The molecule has 0 atom stereocenters. The Balaban J connectivity index is 2.25. The minimum absolute atomic E-state index is 0.0751. The molecule has 1 aromatic carbocycles. The lowest BCUT2D eigenvalue weighted by atomic mass is 10.1. The minimum Gasteiger partial charge on any atom is -0.496 e. The molecule has 1 heterocycles. The van der Waals surface area contributed by atoms with Crippen molar-refractivity contribution < 1.29 is 9.53 Å². The summed E-state index contributed by atoms with van der Waals surface area (Å²) in [5.74, 6) is 0.889. The molecule has 0 fully saturated rings. The molecule has 0 N–H and O–H groups in total. The van der Waals surface area contributed by atoms with Crippen molar-refractivity contribution in [3.8, 4) is 5.75 Å². The van der Waals surface area contributed by atoms with E-state index >= 15 is 0 Å². The fourth-order valence-corrected chi connectivity index (χ4v) is 3.19. The molecule has 0 bridgehead atoms. The van der Waals surface area contributed by atoms with Gasteiger partial charge in [0.15, 0.2) is 0 Å². The van der Waals surface area contributed by atoms with E-state index in [2.05, 4.69) is 6.07 Å². The monoisotopic (exact) mass is 329 g/mol. The molecule has 0 aliphatic rings. The van der Waals surface area contributed by atoms with Crippen LogP contribution in [0.3, 0.4) is 0 Å². The third-order valence-corrected chi connectivity index (χ3v) is 4.48. The first-order chi connectivity index (χ1) is 11.2. The number of nitrogens with zero attached hydrogens (tertiary/aromatic N) is 1. The van der Waals surface area contributed by atoms with Crippen LogP contribution in [0, 0.1) is 0 Å². The number of thiophene rings is 1. The van der Waals surface area contributed by atoms with Gasteiger partial charge in [0.05, 0.1) is 13.7 Å². The number of ether oxygens (including phenoxy) is 1. The van der Waals surface area contributed by atoms with Crippen LogP contribution in [0.1, 0.15) is 30.7 Å². The number of hydrogen-bond donors (Lipinski definition) is 0. The van der Waals surface area contributed by atoms with Crippen molar-refractivity contribution >= 4 is 17.2 Å². The highest BCUT2D eigenvalue weighted by Gasteiger charge is 2.18. The van der Waals surface area contributed by atoms with Gasteiger partial charge >= 0.3 is 0 Å². The van der Waals surface area contributed by atoms with Gasteiger partial charge in [-0.3, -0.25) is 4.79 Å². The molecule has 0 spiro atoms. The predicted octanol–water partition coefficient (Wildman–Crippen LogP) is 4.64. The molecule has 2 rings (SSSR count). The molecule has 0 aliphatic carbocycles. The lowest BCUT2D eigenvalue weighted by Gasteiger charge is -2.23. The third kappa shape index (κ3) is 4.70. The highest BCUT2D eigenvalue weighted by Crippen LogP contribution is 2.22. The van der Waals surface area contributed by atoms with E-state index in [4.69, 9.17) is 4.74 Å². The van der Waals surface area contributed by atoms with Crippen molar-refractivity contribution in [3.63, 3.8) is 0 Å². The first kappa shape index (κ1) is 17.3. The normalized spacial score (nSPS) is 11.3. The van der Waals surface area contributed by atoms with E-state index in [1.54, 1.807) is 18.4 Å². The van der Waals surface area contributed by atoms with E-state index in [0.717, 1.165) is 23.3 Å². The van der Waals surface area contributed by atoms with Gasteiger partial charge in [0.1, 0.15) is 5.75 Å². The van der Waals surface area contributed by atoms with E-state index < -0.39 is 0 Å². The minimum atomic E-state index is 0.0751. The second-order valence-corrected chi connectivity index (χ2v) is 6.38. The number of para-hydroxylation sites is 1. The molecule has 0 aliphatic heterocycles. The Bertz CT molecular complexity index is 662. The zero-order valence-corrected chi connectivity index (χ0v) is 14.7. The van der Waals surface area contributed by atoms with Crippen LogP contribution in [0.5, 0.6) is 5.75 Å². The van der Waals surface area contributed by atoms with Crippen LogP contribution in [0.25, 0.3) is 0 Å². The van der Waals surface area contributed by atoms with E-state index in [1.165, 1.54) is 4.88 Å². The van der Waals surface area contributed by atoms with Crippen molar-refractivity contribution in [1.82, 2.24) is 4.90 Å². The molecular formula is C19H23NO2S. The molecular weight excluding hydrogens is 306 g/mol. The zero-order valence-electron chi connectivity index (χ0n) is 13.9. The van der Waals surface area contributed by atoms with Gasteiger partial charge in [-0.1, -0.05) is 37.3 Å². The Morgan fingerprint density at radius 2 is 2.00 bits per heavy atom. The lowest BCUT2D eigenvalue weighted by Crippen LogP contribution is -2.30. The van der Waals surface area contributed by atoms with E-state index in [0.29, 0.717) is 13.1 Å². The summed E-state index contributed by atoms with van der Waals surface area (Å²) >= 11 is 1.67. The van der Waals surface area contributed by atoms with Crippen molar-refractivity contribution in [1.29, 1.82) is 0 Å². The first-order valence-corrected chi connectivity index (χ1v) is 8.64. The summed E-state index contributed by atoms with van der Waals surface area (Å²) in [5.41, 5.74) is 1.81. The average Bonchev–Trinajstić information content (AvgIpc) is 3.07. The Morgan fingerprint density at radius 1 is 1.22 bits per heavy atom. The van der Waals surface area contributed by atoms with Crippen LogP contribution in [-0.2, 0) is 17.9 Å². The highest BCUT2D eigenvalue weighted by molar-refractivity contribution is 7.09. The maximum absolute atomic E-state index is 12.8. The topological polar surface area (TPSA) is 29.5 Å². The molecule has 0 radical (unpaired) electrons. The molecule has 2 aromatic rings. The number of amides is 1. The van der Waals surface area contributed by atoms with Gasteiger partial charge in [-0.05, 0) is 30.9 Å². The summed E-state index contributed by atoms with van der Waals surface area (Å²) in [4.78, 5) is 15.8. The van der Waals surface area contributed by atoms with Crippen LogP contribution in [0.4, 0.5) is 0 Å². The van der Waals surface area contributed by atoms with Crippen molar-refractivity contribution in [2.75, 3.05) is 7.11 Å². The Kier molecular flexibility index (Phi) is 6.41. The van der Waals surface area contributed by atoms with Gasteiger partial charge in [-0.15, -0.1) is 11.3 Å².